The van der Waals surface area contributed by atoms with Gasteiger partial charge in [-0.2, -0.15) is 13.2 Å². The molecule has 0 atom stereocenters. The number of carbonyl (C=O) groups is 1. The fraction of sp³-hybridized carbons (Fsp3) is 0.0833. The zero-order valence-electron chi connectivity index (χ0n) is 8.49. The largest absolute Gasteiger partial charge is 0.426 e. The van der Waals surface area contributed by atoms with E-state index >= 15 is 0 Å². The molecule has 1 heterocycles. The first-order chi connectivity index (χ1) is 8.02. The van der Waals surface area contributed by atoms with Gasteiger partial charge in [-0.1, -0.05) is 30.3 Å². The van der Waals surface area contributed by atoms with Crippen molar-refractivity contribution in [3.05, 3.63) is 46.2 Å². The maximum atomic E-state index is 12.8. The average molecular weight is 256 g/mol. The van der Waals surface area contributed by atoms with E-state index in [0.29, 0.717) is 23.2 Å². The Bertz CT molecular complexity index is 528. The molecule has 0 aliphatic rings. The molecule has 0 aliphatic heterocycles. The normalized spacial score (nSPS) is 11.5. The lowest BCUT2D eigenvalue weighted by atomic mass is 10.1. The van der Waals surface area contributed by atoms with Crippen molar-refractivity contribution in [2.24, 2.45) is 0 Å². The molecule has 0 bridgehead atoms. The number of benzene rings is 1. The molecule has 5 heteroatoms. The van der Waals surface area contributed by atoms with Crippen LogP contribution in [0.1, 0.15) is 14.5 Å². The highest BCUT2D eigenvalue weighted by Gasteiger charge is 2.36. The molecule has 0 unspecified atom stereocenters. The third kappa shape index (κ3) is 2.39. The van der Waals surface area contributed by atoms with Gasteiger partial charge in [0.2, 0.25) is 0 Å². The summed E-state index contributed by atoms with van der Waals surface area (Å²) in [5.74, 6) is 0. The van der Waals surface area contributed by atoms with Crippen molar-refractivity contribution >= 4 is 17.6 Å². The molecule has 88 valence electrons. The maximum Gasteiger partial charge on any atom is 0.426 e. The van der Waals surface area contributed by atoms with Gasteiger partial charge in [-0.15, -0.1) is 11.3 Å². The van der Waals surface area contributed by atoms with Gasteiger partial charge >= 0.3 is 6.18 Å². The average Bonchev–Trinajstić information content (AvgIpc) is 2.74. The van der Waals surface area contributed by atoms with Crippen LogP contribution in [-0.4, -0.2) is 6.29 Å². The van der Waals surface area contributed by atoms with Crippen molar-refractivity contribution in [3.8, 4) is 11.1 Å². The van der Waals surface area contributed by atoms with E-state index in [-0.39, 0.29) is 10.4 Å². The van der Waals surface area contributed by atoms with Crippen LogP contribution < -0.4 is 0 Å². The van der Waals surface area contributed by atoms with Crippen molar-refractivity contribution in [1.82, 2.24) is 0 Å². The smallest absolute Gasteiger partial charge is 0.297 e. The van der Waals surface area contributed by atoms with Crippen molar-refractivity contribution in [1.29, 1.82) is 0 Å². The summed E-state index contributed by atoms with van der Waals surface area (Å²) in [6, 6.07) is 9.50. The lowest BCUT2D eigenvalue weighted by molar-refractivity contribution is -0.133. The van der Waals surface area contributed by atoms with E-state index in [4.69, 9.17) is 0 Å². The van der Waals surface area contributed by atoms with Crippen LogP contribution in [0.4, 0.5) is 13.2 Å². The van der Waals surface area contributed by atoms with Gasteiger partial charge in [0.25, 0.3) is 0 Å². The molecule has 17 heavy (non-hydrogen) atoms. The molecule has 0 aliphatic carbocycles. The standard InChI is InChI=1S/C12H7F3OS/c13-12(14,15)11-10(6-9(7-16)17-11)8-4-2-1-3-5-8/h1-7H. The van der Waals surface area contributed by atoms with E-state index in [1.54, 1.807) is 30.3 Å². The fourth-order valence-corrected chi connectivity index (χ4v) is 2.37. The summed E-state index contributed by atoms with van der Waals surface area (Å²) < 4.78 is 38.3. The quantitative estimate of drug-likeness (QED) is 0.734. The van der Waals surface area contributed by atoms with Crippen LogP contribution in [0.15, 0.2) is 36.4 Å². The number of aldehydes is 1. The Morgan fingerprint density at radius 1 is 1.12 bits per heavy atom. The predicted molar refractivity (Wildman–Crippen MR) is 60.1 cm³/mol. The van der Waals surface area contributed by atoms with Crippen LogP contribution in [0.2, 0.25) is 0 Å². The van der Waals surface area contributed by atoms with Crippen LogP contribution in [0.3, 0.4) is 0 Å². The van der Waals surface area contributed by atoms with Crippen molar-refractivity contribution in [2.45, 2.75) is 6.18 Å². The summed E-state index contributed by atoms with van der Waals surface area (Å²) in [5.41, 5.74) is 0.523. The van der Waals surface area contributed by atoms with E-state index in [1.165, 1.54) is 6.07 Å². The number of halogens is 3. The zero-order valence-corrected chi connectivity index (χ0v) is 9.31. The van der Waals surface area contributed by atoms with E-state index < -0.39 is 11.1 Å². The highest BCUT2D eigenvalue weighted by atomic mass is 32.1. The number of thiophene rings is 1. The summed E-state index contributed by atoms with van der Waals surface area (Å²) >= 11 is 0.468. The molecule has 2 aromatic rings. The summed E-state index contributed by atoms with van der Waals surface area (Å²) in [5, 5.41) is 0. The van der Waals surface area contributed by atoms with Crippen LogP contribution in [0.25, 0.3) is 11.1 Å². The molecule has 0 saturated heterocycles. The molecule has 2 rings (SSSR count). The SMILES string of the molecule is O=Cc1cc(-c2ccccc2)c(C(F)(F)F)s1. The van der Waals surface area contributed by atoms with Gasteiger partial charge in [-0.25, -0.2) is 0 Å². The zero-order chi connectivity index (χ0) is 12.5. The predicted octanol–water partition coefficient (Wildman–Crippen LogP) is 4.25. The molecule has 0 radical (unpaired) electrons. The van der Waals surface area contributed by atoms with Crippen LogP contribution in [-0.2, 0) is 6.18 Å². The Morgan fingerprint density at radius 2 is 1.76 bits per heavy atom. The van der Waals surface area contributed by atoms with Gasteiger partial charge in [-0.05, 0) is 11.6 Å². The van der Waals surface area contributed by atoms with E-state index in [1.807, 2.05) is 0 Å². The Labute approximate surface area is 99.5 Å². The summed E-state index contributed by atoms with van der Waals surface area (Å²) in [6.45, 7) is 0. The molecular weight excluding hydrogens is 249 g/mol. The molecule has 1 nitrogen and oxygen atoms in total. The molecular formula is C12H7F3OS. The minimum Gasteiger partial charge on any atom is -0.297 e. The van der Waals surface area contributed by atoms with Crippen molar-refractivity contribution < 1.29 is 18.0 Å². The van der Waals surface area contributed by atoms with Crippen LogP contribution in [0.5, 0.6) is 0 Å². The first kappa shape index (κ1) is 11.9. The van der Waals surface area contributed by atoms with Gasteiger partial charge in [-0.3, -0.25) is 4.79 Å². The number of carbonyl (C=O) groups excluding carboxylic acids is 1. The van der Waals surface area contributed by atoms with Gasteiger partial charge in [0.15, 0.2) is 6.29 Å². The Morgan fingerprint density at radius 3 is 2.29 bits per heavy atom. The third-order valence-electron chi connectivity index (χ3n) is 2.21. The number of hydrogen-bond acceptors (Lipinski definition) is 2. The third-order valence-corrected chi connectivity index (χ3v) is 3.31. The monoisotopic (exact) mass is 256 g/mol. The molecule has 1 aromatic heterocycles. The molecule has 0 amide bonds. The molecule has 0 fully saturated rings. The maximum absolute atomic E-state index is 12.8. The van der Waals surface area contributed by atoms with Gasteiger partial charge in [0.1, 0.15) is 4.88 Å². The fourth-order valence-electron chi connectivity index (χ4n) is 1.51. The lowest BCUT2D eigenvalue weighted by Crippen LogP contribution is -2.03. The molecule has 0 saturated carbocycles. The van der Waals surface area contributed by atoms with Crippen molar-refractivity contribution in [3.63, 3.8) is 0 Å². The molecule has 0 N–H and O–H groups in total. The lowest BCUT2D eigenvalue weighted by Gasteiger charge is -2.07. The van der Waals surface area contributed by atoms with Gasteiger partial charge in [0.05, 0.1) is 4.88 Å². The minimum absolute atomic E-state index is 0.0604. The Balaban J connectivity index is 2.61. The molecule has 0 spiro atoms. The number of alkyl halides is 3. The van der Waals surface area contributed by atoms with Crippen LogP contribution >= 0.6 is 11.3 Å². The minimum atomic E-state index is -4.43. The van der Waals surface area contributed by atoms with Crippen molar-refractivity contribution in [2.75, 3.05) is 0 Å². The number of rotatable bonds is 2. The Kier molecular flexibility index (Phi) is 3.02. The Hall–Kier alpha value is -1.62. The first-order valence-corrected chi connectivity index (χ1v) is 5.55. The van der Waals surface area contributed by atoms with Gasteiger partial charge in [0, 0.05) is 5.56 Å². The summed E-state index contributed by atoms with van der Waals surface area (Å²) in [4.78, 5) is 9.92. The molecule has 1 aromatic carbocycles. The summed E-state index contributed by atoms with van der Waals surface area (Å²) in [7, 11) is 0. The highest BCUT2D eigenvalue weighted by molar-refractivity contribution is 7.14. The first-order valence-electron chi connectivity index (χ1n) is 4.74. The van der Waals surface area contributed by atoms with E-state index in [9.17, 15) is 18.0 Å². The second-order valence-corrected chi connectivity index (χ2v) is 4.46. The van der Waals surface area contributed by atoms with E-state index in [0.717, 1.165) is 0 Å². The number of hydrogen-bond donors (Lipinski definition) is 0. The second-order valence-electron chi connectivity index (χ2n) is 3.37. The second kappa shape index (κ2) is 4.33. The van der Waals surface area contributed by atoms with Gasteiger partial charge < -0.3 is 0 Å². The topological polar surface area (TPSA) is 17.1 Å². The summed E-state index contributed by atoms with van der Waals surface area (Å²) in [6.07, 6.45) is -4.00. The highest BCUT2D eigenvalue weighted by Crippen LogP contribution is 2.42. The van der Waals surface area contributed by atoms with E-state index in [2.05, 4.69) is 0 Å². The van der Waals surface area contributed by atoms with Crippen LogP contribution in [0, 0.1) is 0 Å².